The van der Waals surface area contributed by atoms with E-state index < -0.39 is 0 Å². The Labute approximate surface area is 203 Å². The van der Waals surface area contributed by atoms with E-state index >= 15 is 0 Å². The van der Waals surface area contributed by atoms with Crippen LogP contribution in [0.1, 0.15) is 122 Å². The maximum absolute atomic E-state index is 11.9. The standard InChI is InChI=1S/C25H48N2O2.HI/c1-3-4-5-6-7-8-9-10-11-12-13-14-15-16-19-24(28)25(29)26-21-20-23-18-17-22-27(23)2;/h23H,3-22H2,1-2H3,(H,26,29);1H. The number of amides is 1. The van der Waals surface area contributed by atoms with Crippen LogP contribution in [-0.2, 0) is 9.59 Å². The van der Waals surface area contributed by atoms with Gasteiger partial charge in [-0.25, -0.2) is 0 Å². The smallest absolute Gasteiger partial charge is 0.287 e. The summed E-state index contributed by atoms with van der Waals surface area (Å²) in [5.41, 5.74) is 0. The van der Waals surface area contributed by atoms with Gasteiger partial charge in [0.1, 0.15) is 0 Å². The lowest BCUT2D eigenvalue weighted by Crippen LogP contribution is -3.10. The van der Waals surface area contributed by atoms with Gasteiger partial charge in [0.15, 0.2) is 0 Å². The number of nitrogens with one attached hydrogen (secondary N) is 2. The van der Waals surface area contributed by atoms with E-state index in [0.717, 1.165) is 19.3 Å². The van der Waals surface area contributed by atoms with Crippen molar-refractivity contribution in [3.63, 3.8) is 0 Å². The summed E-state index contributed by atoms with van der Waals surface area (Å²) in [5, 5.41) is 2.83. The van der Waals surface area contributed by atoms with Gasteiger partial charge < -0.3 is 34.2 Å². The normalized spacial score (nSPS) is 18.2. The first-order valence-electron chi connectivity index (χ1n) is 12.8. The number of hydrogen-bond acceptors (Lipinski definition) is 2. The van der Waals surface area contributed by atoms with Gasteiger partial charge in [-0.3, -0.25) is 9.59 Å². The quantitative estimate of drug-likeness (QED) is 0.150. The topological polar surface area (TPSA) is 50.6 Å². The molecule has 30 heavy (non-hydrogen) atoms. The van der Waals surface area contributed by atoms with Gasteiger partial charge in [0.05, 0.1) is 19.6 Å². The second kappa shape index (κ2) is 20.7. The number of likely N-dealkylation sites (tertiary alicyclic amines) is 1. The zero-order chi connectivity index (χ0) is 21.2. The minimum absolute atomic E-state index is 0. The molecule has 0 bridgehead atoms. The first-order valence-corrected chi connectivity index (χ1v) is 12.8. The highest BCUT2D eigenvalue weighted by atomic mass is 127. The molecule has 1 heterocycles. The molecule has 178 valence electrons. The highest BCUT2D eigenvalue weighted by Crippen LogP contribution is 2.13. The molecule has 1 fully saturated rings. The Morgan fingerprint density at radius 1 is 0.833 bits per heavy atom. The summed E-state index contributed by atoms with van der Waals surface area (Å²) in [6, 6.07) is 0.649. The minimum atomic E-state index is -0.365. The average molecular weight is 537 g/mol. The van der Waals surface area contributed by atoms with Gasteiger partial charge in [0.25, 0.3) is 5.91 Å². The van der Waals surface area contributed by atoms with E-state index in [-0.39, 0.29) is 35.7 Å². The van der Waals surface area contributed by atoms with E-state index in [0.29, 0.717) is 19.0 Å². The number of hydrogen-bond donors (Lipinski definition) is 2. The molecule has 0 aliphatic carbocycles. The molecule has 5 heteroatoms. The van der Waals surface area contributed by atoms with Crippen LogP contribution in [0, 0.1) is 0 Å². The van der Waals surface area contributed by atoms with Crippen LogP contribution in [0.2, 0.25) is 0 Å². The second-order valence-electron chi connectivity index (χ2n) is 9.25. The first-order chi connectivity index (χ1) is 14.1. The van der Waals surface area contributed by atoms with E-state index in [1.165, 1.54) is 96.4 Å². The SMILES string of the molecule is CCCCCCCCCCCCCCCCC(=O)C(=O)NCCC1CCC[NH+]1C.[I-]. The van der Waals surface area contributed by atoms with Crippen LogP contribution in [0.5, 0.6) is 0 Å². The monoisotopic (exact) mass is 536 g/mol. The van der Waals surface area contributed by atoms with Crippen LogP contribution < -0.4 is 34.2 Å². The Balaban J connectivity index is 0.00000841. The molecule has 0 aromatic carbocycles. The van der Waals surface area contributed by atoms with Gasteiger partial charge in [-0.2, -0.15) is 0 Å². The summed E-state index contributed by atoms with van der Waals surface area (Å²) in [6.45, 7) is 4.15. The number of ketones is 1. The number of carbonyl (C=O) groups excluding carboxylic acids is 2. The molecule has 1 aliphatic rings. The zero-order valence-electron chi connectivity index (χ0n) is 19.9. The van der Waals surface area contributed by atoms with E-state index in [4.69, 9.17) is 0 Å². The third-order valence-electron chi connectivity index (χ3n) is 6.61. The van der Waals surface area contributed by atoms with Crippen LogP contribution in [0.25, 0.3) is 0 Å². The molecule has 0 aromatic heterocycles. The fraction of sp³-hybridized carbons (Fsp3) is 0.920. The van der Waals surface area contributed by atoms with Crippen molar-refractivity contribution in [3.05, 3.63) is 0 Å². The molecular formula is C25H49IN2O2. The van der Waals surface area contributed by atoms with Crippen molar-refractivity contribution in [2.24, 2.45) is 0 Å². The largest absolute Gasteiger partial charge is 1.00 e. The third-order valence-corrected chi connectivity index (χ3v) is 6.61. The highest BCUT2D eigenvalue weighted by Gasteiger charge is 2.24. The van der Waals surface area contributed by atoms with Crippen LogP contribution in [0.3, 0.4) is 0 Å². The summed E-state index contributed by atoms with van der Waals surface area (Å²) in [7, 11) is 2.22. The lowest BCUT2D eigenvalue weighted by Gasteiger charge is -2.16. The Bertz CT molecular complexity index is 431. The number of rotatable bonds is 19. The summed E-state index contributed by atoms with van der Waals surface area (Å²) in [6.07, 6.45) is 22.2. The molecule has 2 N–H and O–H groups in total. The van der Waals surface area contributed by atoms with Crippen molar-refractivity contribution in [2.75, 3.05) is 20.1 Å². The molecule has 1 aliphatic heterocycles. The number of quaternary nitrogens is 1. The fourth-order valence-corrected chi connectivity index (χ4v) is 4.52. The lowest BCUT2D eigenvalue weighted by atomic mass is 10.0. The van der Waals surface area contributed by atoms with Gasteiger partial charge in [-0.1, -0.05) is 90.4 Å². The van der Waals surface area contributed by atoms with E-state index in [2.05, 4.69) is 19.3 Å². The van der Waals surface area contributed by atoms with Gasteiger partial charge >= 0.3 is 0 Å². The summed E-state index contributed by atoms with van der Waals surface area (Å²) in [5.74, 6) is -0.591. The third kappa shape index (κ3) is 15.6. The predicted octanol–water partition coefficient (Wildman–Crippen LogP) is 1.61. The summed E-state index contributed by atoms with van der Waals surface area (Å²) >= 11 is 0. The van der Waals surface area contributed by atoms with Gasteiger partial charge in [-0.15, -0.1) is 0 Å². The van der Waals surface area contributed by atoms with Crippen LogP contribution in [0.15, 0.2) is 0 Å². The number of carbonyl (C=O) groups is 2. The Kier molecular flexibility index (Phi) is 20.6. The fourth-order valence-electron chi connectivity index (χ4n) is 4.52. The molecule has 0 spiro atoms. The Hall–Kier alpha value is -0.170. The molecule has 2 unspecified atom stereocenters. The number of halogens is 1. The zero-order valence-corrected chi connectivity index (χ0v) is 22.1. The van der Waals surface area contributed by atoms with Crippen molar-refractivity contribution in [3.8, 4) is 0 Å². The molecule has 1 amide bonds. The van der Waals surface area contributed by atoms with E-state index in [1.54, 1.807) is 4.90 Å². The summed E-state index contributed by atoms with van der Waals surface area (Å²) < 4.78 is 0. The maximum Gasteiger partial charge on any atom is 0.287 e. The number of unbranched alkanes of at least 4 members (excludes halogenated alkanes) is 13. The highest BCUT2D eigenvalue weighted by molar-refractivity contribution is 6.36. The van der Waals surface area contributed by atoms with Crippen LogP contribution in [0.4, 0.5) is 0 Å². The summed E-state index contributed by atoms with van der Waals surface area (Å²) in [4.78, 5) is 25.4. The maximum atomic E-state index is 11.9. The van der Waals surface area contributed by atoms with Crippen molar-refractivity contribution >= 4 is 11.7 Å². The first kappa shape index (κ1) is 29.8. The number of Topliss-reactive ketones (excluding diaryl/α,β-unsaturated/α-hetero) is 1. The molecule has 0 saturated carbocycles. The Morgan fingerprint density at radius 3 is 1.80 bits per heavy atom. The second-order valence-corrected chi connectivity index (χ2v) is 9.25. The Morgan fingerprint density at radius 2 is 1.33 bits per heavy atom. The minimum Gasteiger partial charge on any atom is -1.00 e. The molecule has 1 saturated heterocycles. The van der Waals surface area contributed by atoms with Crippen LogP contribution >= 0.6 is 0 Å². The molecule has 0 aromatic rings. The van der Waals surface area contributed by atoms with Crippen molar-refractivity contribution < 1.29 is 38.5 Å². The van der Waals surface area contributed by atoms with E-state index in [9.17, 15) is 9.59 Å². The van der Waals surface area contributed by atoms with Gasteiger partial charge in [-0.05, 0) is 6.42 Å². The molecule has 1 rings (SSSR count). The lowest BCUT2D eigenvalue weighted by molar-refractivity contribution is -0.892. The molecule has 2 atom stereocenters. The molecule has 4 nitrogen and oxygen atoms in total. The van der Waals surface area contributed by atoms with Crippen LogP contribution in [-0.4, -0.2) is 37.9 Å². The predicted molar refractivity (Wildman–Crippen MR) is 122 cm³/mol. The van der Waals surface area contributed by atoms with Gasteiger partial charge in [0, 0.05) is 32.2 Å². The van der Waals surface area contributed by atoms with Crippen molar-refractivity contribution in [1.29, 1.82) is 0 Å². The van der Waals surface area contributed by atoms with Crippen molar-refractivity contribution in [2.45, 2.75) is 129 Å². The average Bonchev–Trinajstić information content (AvgIpc) is 3.12. The molecule has 0 radical (unpaired) electrons. The molecular weight excluding hydrogens is 487 g/mol. The van der Waals surface area contributed by atoms with E-state index in [1.807, 2.05) is 0 Å². The van der Waals surface area contributed by atoms with Crippen molar-refractivity contribution in [1.82, 2.24) is 5.32 Å². The van der Waals surface area contributed by atoms with Gasteiger partial charge in [0.2, 0.25) is 5.78 Å².